The van der Waals surface area contributed by atoms with Crippen molar-refractivity contribution in [3.63, 3.8) is 0 Å². The van der Waals surface area contributed by atoms with Crippen LogP contribution >= 0.6 is 0 Å². The van der Waals surface area contributed by atoms with E-state index in [4.69, 9.17) is 0 Å². The van der Waals surface area contributed by atoms with Crippen LogP contribution < -0.4 is 5.32 Å². The second-order valence-electron chi connectivity index (χ2n) is 6.20. The maximum absolute atomic E-state index is 12.8. The lowest BCUT2D eigenvalue weighted by Gasteiger charge is -2.27. The van der Waals surface area contributed by atoms with E-state index in [0.717, 1.165) is 37.9 Å². The zero-order valence-electron chi connectivity index (χ0n) is 14.1. The number of likely N-dealkylation sites (tertiary alicyclic amines) is 1. The van der Waals surface area contributed by atoms with Gasteiger partial charge in [-0.15, -0.1) is 0 Å². The third kappa shape index (κ3) is 3.32. The largest absolute Gasteiger partial charge is 0.337 e. The van der Waals surface area contributed by atoms with Gasteiger partial charge in [0, 0.05) is 25.7 Å². The monoisotopic (exact) mass is 326 g/mol. The Morgan fingerprint density at radius 1 is 1.08 bits per heavy atom. The Bertz CT molecular complexity index is 743. The average Bonchev–Trinajstić information content (AvgIpc) is 2.96. The van der Waals surface area contributed by atoms with Crippen molar-refractivity contribution in [2.75, 3.05) is 18.4 Å². The normalized spacial score (nSPS) is 14.5. The minimum absolute atomic E-state index is 0.0751. The Labute approximate surface area is 141 Å². The minimum atomic E-state index is -0.240. The molecule has 1 fully saturated rings. The van der Waals surface area contributed by atoms with E-state index in [1.54, 1.807) is 19.2 Å². The molecule has 1 aromatic heterocycles. The summed E-state index contributed by atoms with van der Waals surface area (Å²) in [5.74, 6) is -0.315. The summed E-state index contributed by atoms with van der Waals surface area (Å²) in [6.45, 7) is 3.49. The van der Waals surface area contributed by atoms with E-state index in [2.05, 4.69) is 10.4 Å². The SMILES string of the molecule is Cc1ccc(C(=O)Nc2cnn(C)c2C(=O)N2CCCCC2)cc1. The van der Waals surface area contributed by atoms with Gasteiger partial charge in [0.2, 0.25) is 0 Å². The van der Waals surface area contributed by atoms with Crippen LogP contribution in [0.25, 0.3) is 0 Å². The molecule has 2 heterocycles. The molecule has 2 amide bonds. The molecule has 0 unspecified atom stereocenters. The Morgan fingerprint density at radius 3 is 2.42 bits per heavy atom. The summed E-state index contributed by atoms with van der Waals surface area (Å²) >= 11 is 0. The molecular weight excluding hydrogens is 304 g/mol. The zero-order chi connectivity index (χ0) is 17.1. The molecule has 3 rings (SSSR count). The molecule has 0 aliphatic carbocycles. The highest BCUT2D eigenvalue weighted by atomic mass is 16.2. The smallest absolute Gasteiger partial charge is 0.274 e. The molecule has 0 radical (unpaired) electrons. The maximum Gasteiger partial charge on any atom is 0.274 e. The second kappa shape index (κ2) is 6.86. The van der Waals surface area contributed by atoms with Gasteiger partial charge in [0.25, 0.3) is 11.8 Å². The molecule has 1 aromatic carbocycles. The van der Waals surface area contributed by atoms with Crippen LogP contribution in [-0.2, 0) is 7.05 Å². The van der Waals surface area contributed by atoms with E-state index in [9.17, 15) is 9.59 Å². The van der Waals surface area contributed by atoms with Gasteiger partial charge in [-0.3, -0.25) is 14.3 Å². The van der Waals surface area contributed by atoms with Crippen LogP contribution in [0, 0.1) is 6.92 Å². The highest BCUT2D eigenvalue weighted by molar-refractivity contribution is 6.08. The number of anilines is 1. The quantitative estimate of drug-likeness (QED) is 0.943. The molecule has 1 N–H and O–H groups in total. The summed E-state index contributed by atoms with van der Waals surface area (Å²) in [5.41, 5.74) is 2.53. The van der Waals surface area contributed by atoms with Gasteiger partial charge in [-0.2, -0.15) is 5.10 Å². The first-order chi connectivity index (χ1) is 11.6. The summed E-state index contributed by atoms with van der Waals surface area (Å²) < 4.78 is 1.53. The molecule has 2 aromatic rings. The van der Waals surface area contributed by atoms with Crippen LogP contribution in [0.15, 0.2) is 30.5 Å². The van der Waals surface area contributed by atoms with Gasteiger partial charge in [0.15, 0.2) is 0 Å². The number of carbonyl (C=O) groups is 2. The molecule has 1 aliphatic heterocycles. The Morgan fingerprint density at radius 2 is 1.75 bits per heavy atom. The molecule has 24 heavy (non-hydrogen) atoms. The molecule has 0 saturated carbocycles. The second-order valence-corrected chi connectivity index (χ2v) is 6.20. The molecule has 6 heteroatoms. The lowest BCUT2D eigenvalue weighted by atomic mass is 10.1. The van der Waals surface area contributed by atoms with E-state index < -0.39 is 0 Å². The molecule has 6 nitrogen and oxygen atoms in total. The Hall–Kier alpha value is -2.63. The van der Waals surface area contributed by atoms with Crippen LogP contribution in [0.1, 0.15) is 45.7 Å². The minimum Gasteiger partial charge on any atom is -0.337 e. The van der Waals surface area contributed by atoms with E-state index in [0.29, 0.717) is 16.9 Å². The third-order valence-corrected chi connectivity index (χ3v) is 4.35. The number of benzene rings is 1. The van der Waals surface area contributed by atoms with Crippen molar-refractivity contribution in [1.29, 1.82) is 0 Å². The summed E-state index contributed by atoms with van der Waals surface area (Å²) in [7, 11) is 1.72. The lowest BCUT2D eigenvalue weighted by molar-refractivity contribution is 0.0714. The van der Waals surface area contributed by atoms with Crippen LogP contribution in [0.3, 0.4) is 0 Å². The maximum atomic E-state index is 12.8. The van der Waals surface area contributed by atoms with Crippen molar-refractivity contribution in [2.24, 2.45) is 7.05 Å². The third-order valence-electron chi connectivity index (χ3n) is 4.35. The van der Waals surface area contributed by atoms with Crippen LogP contribution in [-0.4, -0.2) is 39.6 Å². The van der Waals surface area contributed by atoms with E-state index >= 15 is 0 Å². The first kappa shape index (κ1) is 16.2. The summed E-state index contributed by atoms with van der Waals surface area (Å²) in [5, 5.41) is 6.97. The Kier molecular flexibility index (Phi) is 4.64. The lowest BCUT2D eigenvalue weighted by Crippen LogP contribution is -2.37. The Balaban J connectivity index is 1.80. The molecule has 126 valence electrons. The van der Waals surface area contributed by atoms with Gasteiger partial charge in [0.05, 0.1) is 11.9 Å². The predicted molar refractivity (Wildman–Crippen MR) is 92.1 cm³/mol. The zero-order valence-corrected chi connectivity index (χ0v) is 14.1. The van der Waals surface area contributed by atoms with Gasteiger partial charge in [-0.1, -0.05) is 17.7 Å². The number of hydrogen-bond donors (Lipinski definition) is 1. The molecule has 0 bridgehead atoms. The van der Waals surface area contributed by atoms with Crippen LogP contribution in [0.2, 0.25) is 0 Å². The van der Waals surface area contributed by atoms with Gasteiger partial charge in [-0.25, -0.2) is 0 Å². The standard InChI is InChI=1S/C18H22N4O2/c1-13-6-8-14(9-7-13)17(23)20-15-12-19-21(2)16(15)18(24)22-10-4-3-5-11-22/h6-9,12H,3-5,10-11H2,1-2H3,(H,20,23). The number of carbonyl (C=O) groups excluding carboxylic acids is 2. The summed E-state index contributed by atoms with van der Waals surface area (Å²) in [4.78, 5) is 27.0. The average molecular weight is 326 g/mol. The number of rotatable bonds is 3. The number of amides is 2. The number of hydrogen-bond acceptors (Lipinski definition) is 3. The molecule has 1 saturated heterocycles. The van der Waals surface area contributed by atoms with Crippen LogP contribution in [0.4, 0.5) is 5.69 Å². The number of aryl methyl sites for hydroxylation is 2. The summed E-state index contributed by atoms with van der Waals surface area (Å²) in [6.07, 6.45) is 4.73. The number of piperidine rings is 1. The molecular formula is C18H22N4O2. The van der Waals surface area contributed by atoms with Gasteiger partial charge in [-0.05, 0) is 38.3 Å². The number of nitrogens with zero attached hydrogens (tertiary/aromatic N) is 3. The van der Waals surface area contributed by atoms with Crippen molar-refractivity contribution < 1.29 is 9.59 Å². The fraction of sp³-hybridized carbons (Fsp3) is 0.389. The van der Waals surface area contributed by atoms with Crippen molar-refractivity contribution in [1.82, 2.24) is 14.7 Å². The van der Waals surface area contributed by atoms with Crippen molar-refractivity contribution >= 4 is 17.5 Å². The van der Waals surface area contributed by atoms with E-state index in [-0.39, 0.29) is 11.8 Å². The number of nitrogens with one attached hydrogen (secondary N) is 1. The predicted octanol–water partition coefficient (Wildman–Crippen LogP) is 2.61. The molecule has 1 aliphatic rings. The topological polar surface area (TPSA) is 67.2 Å². The highest BCUT2D eigenvalue weighted by Gasteiger charge is 2.25. The molecule has 0 spiro atoms. The van der Waals surface area contributed by atoms with Crippen LogP contribution in [0.5, 0.6) is 0 Å². The molecule has 0 atom stereocenters. The van der Waals surface area contributed by atoms with Crippen molar-refractivity contribution in [3.05, 3.63) is 47.3 Å². The highest BCUT2D eigenvalue weighted by Crippen LogP contribution is 2.20. The van der Waals surface area contributed by atoms with Crippen molar-refractivity contribution in [2.45, 2.75) is 26.2 Å². The fourth-order valence-corrected chi connectivity index (χ4v) is 2.93. The first-order valence-corrected chi connectivity index (χ1v) is 8.25. The van der Waals surface area contributed by atoms with E-state index in [1.807, 2.05) is 24.0 Å². The van der Waals surface area contributed by atoms with Gasteiger partial charge >= 0.3 is 0 Å². The summed E-state index contributed by atoms with van der Waals surface area (Å²) in [6, 6.07) is 7.32. The number of aromatic nitrogens is 2. The first-order valence-electron chi connectivity index (χ1n) is 8.25. The fourth-order valence-electron chi connectivity index (χ4n) is 2.93. The van der Waals surface area contributed by atoms with Gasteiger partial charge < -0.3 is 10.2 Å². The van der Waals surface area contributed by atoms with E-state index in [1.165, 1.54) is 10.9 Å². The van der Waals surface area contributed by atoms with Crippen molar-refractivity contribution in [3.8, 4) is 0 Å². The van der Waals surface area contributed by atoms with Gasteiger partial charge in [0.1, 0.15) is 5.69 Å².